The Bertz CT molecular complexity index is 225. The third-order valence-corrected chi connectivity index (χ3v) is 4.12. The highest BCUT2D eigenvalue weighted by molar-refractivity contribution is 4.96. The molecular weight excluding hydrogens is 184 g/mol. The van der Waals surface area contributed by atoms with Crippen molar-refractivity contribution in [3.63, 3.8) is 0 Å². The Hall–Kier alpha value is -0.550. The standard InChI is InChI=1S/C13H22N2/c14-10-12-6-3-7-13(12)15-9-8-11-4-1-2-5-11/h11-13,15H,1-9H2. The fourth-order valence-corrected chi connectivity index (χ4v) is 3.13. The molecule has 0 spiro atoms. The van der Waals surface area contributed by atoms with E-state index in [1.54, 1.807) is 0 Å². The van der Waals surface area contributed by atoms with Gasteiger partial charge in [-0.25, -0.2) is 0 Å². The summed E-state index contributed by atoms with van der Waals surface area (Å²) in [6.45, 7) is 1.13. The molecule has 0 saturated heterocycles. The molecule has 2 atom stereocenters. The molecule has 2 unspecified atom stereocenters. The number of rotatable bonds is 4. The van der Waals surface area contributed by atoms with Crippen molar-refractivity contribution >= 4 is 0 Å². The van der Waals surface area contributed by atoms with E-state index in [2.05, 4.69) is 11.4 Å². The van der Waals surface area contributed by atoms with Crippen molar-refractivity contribution in [2.45, 2.75) is 57.4 Å². The molecule has 0 bridgehead atoms. The summed E-state index contributed by atoms with van der Waals surface area (Å²) in [6, 6.07) is 2.93. The minimum atomic E-state index is 0.286. The molecule has 2 aliphatic rings. The van der Waals surface area contributed by atoms with Gasteiger partial charge in [-0.3, -0.25) is 0 Å². The zero-order valence-corrected chi connectivity index (χ0v) is 9.54. The predicted molar refractivity (Wildman–Crippen MR) is 61.3 cm³/mol. The molecule has 2 heteroatoms. The highest BCUT2D eigenvalue weighted by Gasteiger charge is 2.26. The largest absolute Gasteiger partial charge is 0.313 e. The van der Waals surface area contributed by atoms with Gasteiger partial charge in [0.2, 0.25) is 0 Å². The van der Waals surface area contributed by atoms with Crippen LogP contribution in [0.15, 0.2) is 0 Å². The molecule has 0 aliphatic heterocycles. The van der Waals surface area contributed by atoms with E-state index in [4.69, 9.17) is 5.26 Å². The second kappa shape index (κ2) is 5.51. The molecule has 0 heterocycles. The Kier molecular flexibility index (Phi) is 4.02. The van der Waals surface area contributed by atoms with Gasteiger partial charge in [0, 0.05) is 6.04 Å². The summed E-state index contributed by atoms with van der Waals surface area (Å²) in [5.41, 5.74) is 0. The fraction of sp³-hybridized carbons (Fsp3) is 0.923. The average Bonchev–Trinajstić information content (AvgIpc) is 2.88. The van der Waals surface area contributed by atoms with Crippen molar-refractivity contribution in [3.05, 3.63) is 0 Å². The number of nitrogens with one attached hydrogen (secondary N) is 1. The first kappa shape index (κ1) is 11.0. The smallest absolute Gasteiger partial charge is 0.0672 e. The number of hydrogen-bond donors (Lipinski definition) is 1. The maximum absolute atomic E-state index is 8.96. The van der Waals surface area contributed by atoms with E-state index in [0.29, 0.717) is 6.04 Å². The van der Waals surface area contributed by atoms with Gasteiger partial charge in [-0.1, -0.05) is 32.1 Å². The predicted octanol–water partition coefficient (Wildman–Crippen LogP) is 2.85. The Morgan fingerprint density at radius 1 is 1.07 bits per heavy atom. The lowest BCUT2D eigenvalue weighted by Crippen LogP contribution is -2.33. The molecular formula is C13H22N2. The van der Waals surface area contributed by atoms with Crippen LogP contribution in [0.2, 0.25) is 0 Å². The summed E-state index contributed by atoms with van der Waals surface area (Å²) >= 11 is 0. The number of nitriles is 1. The van der Waals surface area contributed by atoms with Gasteiger partial charge in [0.05, 0.1) is 12.0 Å². The van der Waals surface area contributed by atoms with Crippen LogP contribution in [0.3, 0.4) is 0 Å². The zero-order chi connectivity index (χ0) is 10.5. The van der Waals surface area contributed by atoms with Crippen LogP contribution in [0.4, 0.5) is 0 Å². The van der Waals surface area contributed by atoms with Gasteiger partial charge < -0.3 is 5.32 Å². The molecule has 2 aliphatic carbocycles. The maximum Gasteiger partial charge on any atom is 0.0672 e. The molecule has 2 nitrogen and oxygen atoms in total. The number of nitrogens with zero attached hydrogens (tertiary/aromatic N) is 1. The van der Waals surface area contributed by atoms with E-state index in [-0.39, 0.29) is 5.92 Å². The van der Waals surface area contributed by atoms with Crippen molar-refractivity contribution in [1.82, 2.24) is 5.32 Å². The second-order valence-corrected chi connectivity index (χ2v) is 5.17. The molecule has 0 radical (unpaired) electrons. The average molecular weight is 206 g/mol. The fourth-order valence-electron chi connectivity index (χ4n) is 3.13. The van der Waals surface area contributed by atoms with Crippen molar-refractivity contribution < 1.29 is 0 Å². The third-order valence-electron chi connectivity index (χ3n) is 4.12. The van der Waals surface area contributed by atoms with Crippen LogP contribution in [0.1, 0.15) is 51.4 Å². The van der Waals surface area contributed by atoms with Gasteiger partial charge in [-0.2, -0.15) is 5.26 Å². The van der Waals surface area contributed by atoms with E-state index in [1.165, 1.54) is 44.9 Å². The van der Waals surface area contributed by atoms with Crippen LogP contribution >= 0.6 is 0 Å². The van der Waals surface area contributed by atoms with Gasteiger partial charge in [0.15, 0.2) is 0 Å². The van der Waals surface area contributed by atoms with E-state index < -0.39 is 0 Å². The Morgan fingerprint density at radius 2 is 1.87 bits per heavy atom. The van der Waals surface area contributed by atoms with Crippen LogP contribution in [0.25, 0.3) is 0 Å². The second-order valence-electron chi connectivity index (χ2n) is 5.17. The first-order valence-corrected chi connectivity index (χ1v) is 6.53. The van der Waals surface area contributed by atoms with Crippen LogP contribution in [0, 0.1) is 23.2 Å². The Balaban J connectivity index is 1.62. The molecule has 84 valence electrons. The molecule has 15 heavy (non-hydrogen) atoms. The van der Waals surface area contributed by atoms with Crippen LogP contribution in [-0.2, 0) is 0 Å². The monoisotopic (exact) mass is 206 g/mol. The highest BCUT2D eigenvalue weighted by Crippen LogP contribution is 2.28. The quantitative estimate of drug-likeness (QED) is 0.767. The summed E-state index contributed by atoms with van der Waals surface area (Å²) in [4.78, 5) is 0. The molecule has 2 fully saturated rings. The van der Waals surface area contributed by atoms with Gasteiger partial charge >= 0.3 is 0 Å². The van der Waals surface area contributed by atoms with Gasteiger partial charge in [-0.15, -0.1) is 0 Å². The molecule has 0 aromatic heterocycles. The summed E-state index contributed by atoms with van der Waals surface area (Å²) in [7, 11) is 0. The summed E-state index contributed by atoms with van der Waals surface area (Å²) < 4.78 is 0. The zero-order valence-electron chi connectivity index (χ0n) is 9.54. The van der Waals surface area contributed by atoms with Gasteiger partial charge in [0.1, 0.15) is 0 Å². The van der Waals surface area contributed by atoms with Crippen molar-refractivity contribution in [3.8, 4) is 6.07 Å². The van der Waals surface area contributed by atoms with Crippen molar-refractivity contribution in [2.75, 3.05) is 6.54 Å². The topological polar surface area (TPSA) is 35.8 Å². The summed E-state index contributed by atoms with van der Waals surface area (Å²) in [6.07, 6.45) is 10.6. The Labute approximate surface area is 93.0 Å². The lowest BCUT2D eigenvalue weighted by Gasteiger charge is -2.17. The van der Waals surface area contributed by atoms with E-state index in [9.17, 15) is 0 Å². The first-order chi connectivity index (χ1) is 7.40. The number of hydrogen-bond acceptors (Lipinski definition) is 2. The van der Waals surface area contributed by atoms with E-state index in [0.717, 1.165) is 18.9 Å². The Morgan fingerprint density at radius 3 is 2.60 bits per heavy atom. The maximum atomic E-state index is 8.96. The van der Waals surface area contributed by atoms with E-state index in [1.807, 2.05) is 0 Å². The molecule has 2 rings (SSSR count). The molecule has 0 aromatic rings. The lowest BCUT2D eigenvalue weighted by molar-refractivity contribution is 0.416. The van der Waals surface area contributed by atoms with Crippen LogP contribution in [0.5, 0.6) is 0 Å². The molecule has 1 N–H and O–H groups in total. The van der Waals surface area contributed by atoms with Crippen molar-refractivity contribution in [1.29, 1.82) is 5.26 Å². The van der Waals surface area contributed by atoms with Crippen molar-refractivity contribution in [2.24, 2.45) is 11.8 Å². The SMILES string of the molecule is N#CC1CCCC1NCCC1CCCC1. The first-order valence-electron chi connectivity index (χ1n) is 6.53. The lowest BCUT2D eigenvalue weighted by atomic mass is 10.0. The van der Waals surface area contributed by atoms with E-state index >= 15 is 0 Å². The summed E-state index contributed by atoms with van der Waals surface area (Å²) in [5.74, 6) is 1.26. The van der Waals surface area contributed by atoms with Gasteiger partial charge in [0.25, 0.3) is 0 Å². The van der Waals surface area contributed by atoms with Crippen LogP contribution < -0.4 is 5.32 Å². The minimum Gasteiger partial charge on any atom is -0.313 e. The normalized spacial score (nSPS) is 31.9. The van der Waals surface area contributed by atoms with Crippen LogP contribution in [-0.4, -0.2) is 12.6 Å². The molecule has 0 aromatic carbocycles. The minimum absolute atomic E-state index is 0.286. The summed E-state index contributed by atoms with van der Waals surface area (Å²) in [5, 5.41) is 12.5. The van der Waals surface area contributed by atoms with Gasteiger partial charge in [-0.05, 0) is 31.7 Å². The highest BCUT2D eigenvalue weighted by atomic mass is 14.9. The third kappa shape index (κ3) is 2.95. The molecule has 2 saturated carbocycles. The molecule has 0 amide bonds.